The summed E-state index contributed by atoms with van der Waals surface area (Å²) in [5.41, 5.74) is 5.90. The lowest BCUT2D eigenvalue weighted by Crippen LogP contribution is -2.38. The van der Waals surface area contributed by atoms with Gasteiger partial charge in [0, 0.05) is 6.42 Å². The molecule has 0 saturated carbocycles. The Hall–Kier alpha value is -2.60. The summed E-state index contributed by atoms with van der Waals surface area (Å²) in [5, 5.41) is 9.77. The first-order valence-electron chi connectivity index (χ1n) is 6.74. The molecule has 2 amide bonds. The zero-order valence-electron chi connectivity index (χ0n) is 12.1. The maximum Gasteiger partial charge on any atom is 0.339 e. The number of hydrogen-bond donors (Lipinski definition) is 2. The van der Waals surface area contributed by atoms with Gasteiger partial charge in [-0.3, -0.25) is 5.21 Å². The molecule has 0 bridgehead atoms. The number of urea groups is 1. The van der Waals surface area contributed by atoms with E-state index in [-0.39, 0.29) is 5.82 Å². The smallest absolute Gasteiger partial charge is 0.339 e. The second-order valence-corrected chi connectivity index (χ2v) is 4.89. The number of benzene rings is 1. The van der Waals surface area contributed by atoms with Crippen LogP contribution in [0.2, 0.25) is 0 Å². The number of carbonyl (C=O) groups is 1. The van der Waals surface area contributed by atoms with E-state index < -0.39 is 12.1 Å². The quantitative estimate of drug-likeness (QED) is 0.657. The zero-order valence-corrected chi connectivity index (χ0v) is 12.1. The zero-order chi connectivity index (χ0) is 16.1. The number of nitrogens with zero attached hydrogens (tertiary/aromatic N) is 1. The van der Waals surface area contributed by atoms with Gasteiger partial charge in [0.25, 0.3) is 0 Å². The Labute approximate surface area is 127 Å². The molecule has 1 unspecified atom stereocenters. The summed E-state index contributed by atoms with van der Waals surface area (Å²) in [5.74, 6) is 1.04. The first-order valence-corrected chi connectivity index (χ1v) is 6.74. The highest BCUT2D eigenvalue weighted by molar-refractivity contribution is 5.71. The molecule has 116 valence electrons. The molecule has 0 aliphatic heterocycles. The third-order valence-corrected chi connectivity index (χ3v) is 3.12. The largest absolute Gasteiger partial charge is 0.461 e. The fourth-order valence-corrected chi connectivity index (χ4v) is 1.90. The van der Waals surface area contributed by atoms with Crippen LogP contribution in [0.15, 0.2) is 46.9 Å². The van der Waals surface area contributed by atoms with Crippen molar-refractivity contribution in [3.05, 3.63) is 65.4 Å². The van der Waals surface area contributed by atoms with Crippen LogP contribution in [0.4, 0.5) is 9.18 Å². The second-order valence-electron chi connectivity index (χ2n) is 4.89. The van der Waals surface area contributed by atoms with Crippen LogP contribution in [-0.4, -0.2) is 22.3 Å². The van der Waals surface area contributed by atoms with Crippen molar-refractivity contribution < 1.29 is 18.8 Å². The molecule has 0 spiro atoms. The number of furan rings is 1. The molecule has 2 rings (SSSR count). The Bertz CT molecular complexity index is 664. The molecule has 22 heavy (non-hydrogen) atoms. The third-order valence-electron chi connectivity index (χ3n) is 3.12. The summed E-state index contributed by atoms with van der Waals surface area (Å²) in [7, 11) is 0. The first-order chi connectivity index (χ1) is 10.5. The summed E-state index contributed by atoms with van der Waals surface area (Å²) >= 11 is 0. The van der Waals surface area contributed by atoms with Crippen molar-refractivity contribution in [2.75, 3.05) is 0 Å². The molecule has 0 aliphatic rings. The van der Waals surface area contributed by atoms with Crippen LogP contribution in [0.3, 0.4) is 0 Å². The van der Waals surface area contributed by atoms with E-state index in [1.54, 1.807) is 37.3 Å². The molecule has 1 heterocycles. The van der Waals surface area contributed by atoms with Gasteiger partial charge >= 0.3 is 6.03 Å². The van der Waals surface area contributed by atoms with Crippen LogP contribution in [0.1, 0.15) is 24.0 Å². The standard InChI is InChI=1S/C16H17FN2O3/c1-11(19(21)16(18)20)2-7-14-8-9-15(22-14)10-12-3-5-13(17)6-4-12/h2-9,11,21H,10H2,1H3,(H2,18,20)/b7-2-. The monoisotopic (exact) mass is 304 g/mol. The molecular formula is C16H17FN2O3. The molecule has 2 aromatic rings. The lowest BCUT2D eigenvalue weighted by Gasteiger charge is -2.16. The van der Waals surface area contributed by atoms with Crippen LogP contribution in [-0.2, 0) is 6.42 Å². The fourth-order valence-electron chi connectivity index (χ4n) is 1.90. The minimum atomic E-state index is -0.923. The summed E-state index contributed by atoms with van der Waals surface area (Å²) in [6.45, 7) is 1.61. The highest BCUT2D eigenvalue weighted by Crippen LogP contribution is 2.15. The Morgan fingerprint density at radius 3 is 2.68 bits per heavy atom. The van der Waals surface area contributed by atoms with Crippen molar-refractivity contribution in [2.24, 2.45) is 5.73 Å². The third kappa shape index (κ3) is 4.20. The number of hydroxylamine groups is 2. The number of halogens is 1. The van der Waals surface area contributed by atoms with Gasteiger partial charge in [-0.2, -0.15) is 5.06 Å². The van der Waals surface area contributed by atoms with E-state index in [1.165, 1.54) is 12.1 Å². The van der Waals surface area contributed by atoms with Gasteiger partial charge in [-0.05, 0) is 42.8 Å². The number of rotatable bonds is 5. The van der Waals surface area contributed by atoms with E-state index in [9.17, 15) is 14.4 Å². The van der Waals surface area contributed by atoms with E-state index in [0.29, 0.717) is 17.2 Å². The van der Waals surface area contributed by atoms with Gasteiger partial charge < -0.3 is 10.2 Å². The van der Waals surface area contributed by atoms with Crippen LogP contribution < -0.4 is 5.73 Å². The minimum absolute atomic E-state index is 0.274. The van der Waals surface area contributed by atoms with Crippen LogP contribution in [0.25, 0.3) is 6.08 Å². The maximum absolute atomic E-state index is 12.8. The Morgan fingerprint density at radius 2 is 2.05 bits per heavy atom. The van der Waals surface area contributed by atoms with Crippen molar-refractivity contribution in [1.82, 2.24) is 5.06 Å². The van der Waals surface area contributed by atoms with Gasteiger partial charge in [0.05, 0.1) is 6.04 Å². The van der Waals surface area contributed by atoms with E-state index in [0.717, 1.165) is 11.3 Å². The summed E-state index contributed by atoms with van der Waals surface area (Å²) in [6.07, 6.45) is 3.79. The predicted molar refractivity (Wildman–Crippen MR) is 79.6 cm³/mol. The summed E-state index contributed by atoms with van der Waals surface area (Å²) < 4.78 is 18.4. The van der Waals surface area contributed by atoms with E-state index in [1.807, 2.05) is 6.07 Å². The van der Waals surface area contributed by atoms with Gasteiger partial charge in [-0.25, -0.2) is 9.18 Å². The van der Waals surface area contributed by atoms with Crippen molar-refractivity contribution in [1.29, 1.82) is 0 Å². The number of carbonyl (C=O) groups excluding carboxylic acids is 1. The van der Waals surface area contributed by atoms with Crippen molar-refractivity contribution in [2.45, 2.75) is 19.4 Å². The van der Waals surface area contributed by atoms with Gasteiger partial charge in [-0.1, -0.05) is 18.2 Å². The van der Waals surface area contributed by atoms with E-state index >= 15 is 0 Å². The van der Waals surface area contributed by atoms with Crippen molar-refractivity contribution in [3.63, 3.8) is 0 Å². The number of hydrogen-bond acceptors (Lipinski definition) is 3. The molecule has 0 aliphatic carbocycles. The summed E-state index contributed by atoms with van der Waals surface area (Å²) in [4.78, 5) is 10.8. The predicted octanol–water partition coefficient (Wildman–Crippen LogP) is 3.18. The molecule has 0 radical (unpaired) electrons. The SMILES string of the molecule is CC(/C=C\c1ccc(Cc2ccc(F)cc2)o1)N(O)C(N)=O. The molecule has 1 atom stereocenters. The molecular weight excluding hydrogens is 287 g/mol. The lowest BCUT2D eigenvalue weighted by molar-refractivity contribution is -0.0560. The Kier molecular flexibility index (Phi) is 4.95. The van der Waals surface area contributed by atoms with E-state index in [2.05, 4.69) is 0 Å². The maximum atomic E-state index is 12.8. The van der Waals surface area contributed by atoms with Crippen LogP contribution in [0.5, 0.6) is 0 Å². The molecule has 1 aromatic carbocycles. The molecule has 0 saturated heterocycles. The Balaban J connectivity index is 1.99. The molecule has 3 N–H and O–H groups in total. The fraction of sp³-hybridized carbons (Fsp3) is 0.188. The Morgan fingerprint density at radius 1 is 1.36 bits per heavy atom. The molecule has 6 heteroatoms. The van der Waals surface area contributed by atoms with Crippen molar-refractivity contribution in [3.8, 4) is 0 Å². The van der Waals surface area contributed by atoms with Gasteiger partial charge in [0.15, 0.2) is 0 Å². The average Bonchev–Trinajstić information content (AvgIpc) is 2.94. The lowest BCUT2D eigenvalue weighted by atomic mass is 10.1. The molecule has 5 nitrogen and oxygen atoms in total. The van der Waals surface area contributed by atoms with Gasteiger partial charge in [-0.15, -0.1) is 0 Å². The van der Waals surface area contributed by atoms with Crippen LogP contribution in [0, 0.1) is 5.82 Å². The average molecular weight is 304 g/mol. The first kappa shape index (κ1) is 15.8. The van der Waals surface area contributed by atoms with Gasteiger partial charge in [0.2, 0.25) is 0 Å². The highest BCUT2D eigenvalue weighted by Gasteiger charge is 2.11. The molecule has 0 fully saturated rings. The number of nitrogens with two attached hydrogens (primary N) is 1. The van der Waals surface area contributed by atoms with Gasteiger partial charge in [0.1, 0.15) is 17.3 Å². The number of primary amides is 1. The van der Waals surface area contributed by atoms with Crippen molar-refractivity contribution >= 4 is 12.1 Å². The topological polar surface area (TPSA) is 79.7 Å². The normalized spacial score (nSPS) is 12.5. The highest BCUT2D eigenvalue weighted by atomic mass is 19.1. The minimum Gasteiger partial charge on any atom is -0.461 e. The number of amides is 2. The second kappa shape index (κ2) is 6.91. The molecule has 1 aromatic heterocycles. The van der Waals surface area contributed by atoms with E-state index in [4.69, 9.17) is 10.2 Å². The van der Waals surface area contributed by atoms with Crippen LogP contribution >= 0.6 is 0 Å². The summed E-state index contributed by atoms with van der Waals surface area (Å²) in [6, 6.07) is 8.31.